The molecule has 0 radical (unpaired) electrons. The fourth-order valence-corrected chi connectivity index (χ4v) is 5.40. The first kappa shape index (κ1) is 21.5. The molecule has 3 aliphatic rings. The Balaban J connectivity index is 1.62. The van der Waals surface area contributed by atoms with Gasteiger partial charge >= 0.3 is 0 Å². The van der Waals surface area contributed by atoms with Crippen molar-refractivity contribution in [1.82, 2.24) is 24.8 Å². The summed E-state index contributed by atoms with van der Waals surface area (Å²) in [5, 5.41) is 13.4. The van der Waals surface area contributed by atoms with Crippen LogP contribution in [-0.2, 0) is 11.3 Å². The normalized spacial score (nSPS) is 26.2. The van der Waals surface area contributed by atoms with Crippen molar-refractivity contribution in [2.75, 3.05) is 6.61 Å². The van der Waals surface area contributed by atoms with E-state index in [1.165, 1.54) is 18.6 Å². The minimum atomic E-state index is -0.678. The highest BCUT2D eigenvalue weighted by Crippen LogP contribution is 2.49. The molecule has 2 aromatic rings. The topological polar surface area (TPSA) is 117 Å². The van der Waals surface area contributed by atoms with Crippen molar-refractivity contribution in [3.63, 3.8) is 0 Å². The Kier molecular flexibility index (Phi) is 5.57. The van der Waals surface area contributed by atoms with Crippen molar-refractivity contribution in [2.24, 2.45) is 11.8 Å². The van der Waals surface area contributed by atoms with E-state index in [1.807, 2.05) is 13.0 Å². The molecule has 4 atom stereocenters. The third kappa shape index (κ3) is 3.47. The number of allylic oxidation sites excluding steroid dienone is 1. The van der Waals surface area contributed by atoms with Crippen molar-refractivity contribution in [3.05, 3.63) is 64.1 Å². The molecule has 2 aromatic heterocycles. The molecule has 2 amide bonds. The fraction of sp³-hybridized carbons (Fsp3) is 0.458. The van der Waals surface area contributed by atoms with Gasteiger partial charge in [-0.15, -0.1) is 0 Å². The molecule has 9 nitrogen and oxygen atoms in total. The molecule has 2 N–H and O–H groups in total. The lowest BCUT2D eigenvalue weighted by molar-refractivity contribution is -0.128. The maximum absolute atomic E-state index is 13.6. The molecule has 1 aliphatic carbocycles. The Bertz CT molecular complexity index is 1160. The van der Waals surface area contributed by atoms with Gasteiger partial charge in [0.25, 0.3) is 11.5 Å². The highest BCUT2D eigenvalue weighted by molar-refractivity contribution is 5.94. The zero-order valence-electron chi connectivity index (χ0n) is 18.4. The van der Waals surface area contributed by atoms with Crippen molar-refractivity contribution in [1.29, 1.82) is 0 Å². The third-order valence-electron chi connectivity index (χ3n) is 7.19. The molecule has 2 bridgehead atoms. The number of rotatable bonds is 5. The molecule has 5 rings (SSSR count). The minimum Gasteiger partial charge on any atom is -0.396 e. The lowest BCUT2D eigenvalue weighted by Crippen LogP contribution is -2.49. The summed E-state index contributed by atoms with van der Waals surface area (Å²) in [6.07, 6.45) is 10.8. The second kappa shape index (κ2) is 8.55. The molecule has 2 fully saturated rings. The maximum atomic E-state index is 13.6. The van der Waals surface area contributed by atoms with E-state index >= 15 is 0 Å². The highest BCUT2D eigenvalue weighted by atomic mass is 16.3. The smallest absolute Gasteiger partial charge is 0.274 e. The van der Waals surface area contributed by atoms with Crippen LogP contribution in [0.5, 0.6) is 0 Å². The van der Waals surface area contributed by atoms with Crippen molar-refractivity contribution in [2.45, 2.75) is 50.9 Å². The Morgan fingerprint density at radius 2 is 2.09 bits per heavy atom. The van der Waals surface area contributed by atoms with Gasteiger partial charge in [0.05, 0.1) is 24.2 Å². The van der Waals surface area contributed by atoms with Crippen LogP contribution in [0.2, 0.25) is 0 Å². The predicted octanol–water partition coefficient (Wildman–Crippen LogP) is 1.14. The molecule has 33 heavy (non-hydrogen) atoms. The van der Waals surface area contributed by atoms with Crippen LogP contribution >= 0.6 is 0 Å². The molecule has 2 aliphatic heterocycles. The predicted molar refractivity (Wildman–Crippen MR) is 120 cm³/mol. The van der Waals surface area contributed by atoms with Gasteiger partial charge in [-0.2, -0.15) is 0 Å². The zero-order valence-corrected chi connectivity index (χ0v) is 18.4. The number of aliphatic hydroxyl groups is 1. The number of pyridine rings is 1. The standard InChI is InChI=1S/C24H27N5O4/c1-2-4-14-7-8-18-21-20(22(31)27-15-5-3-6-15)16(13-30)19(12-28(18)23(14)32)29(21)24(33)17-11-25-9-10-26-17/h2,4,7-11,15-16,19-21,30H,3,5-6,12-13H2,1H3,(H,27,31)/b4-2+/t16-,19-,20+,21+/m0/s1. The number of carbonyl (C=O) groups excluding carboxylic acids is 2. The zero-order chi connectivity index (χ0) is 23.1. The summed E-state index contributed by atoms with van der Waals surface area (Å²) in [5.41, 5.74) is 1.16. The number of aromatic nitrogens is 3. The summed E-state index contributed by atoms with van der Waals surface area (Å²) in [6, 6.07) is 2.48. The third-order valence-corrected chi connectivity index (χ3v) is 7.19. The van der Waals surface area contributed by atoms with Crippen LogP contribution in [0.3, 0.4) is 0 Å². The van der Waals surface area contributed by atoms with Gasteiger partial charge in [0.15, 0.2) is 0 Å². The number of fused-ring (bicyclic) bond motifs is 4. The molecule has 0 unspecified atom stereocenters. The van der Waals surface area contributed by atoms with Crippen LogP contribution in [0.15, 0.2) is 41.6 Å². The Labute approximate surface area is 191 Å². The average Bonchev–Trinajstić information content (AvgIpc) is 3.05. The molecular weight excluding hydrogens is 422 g/mol. The SMILES string of the molecule is C/C=C/c1ccc2n(c1=O)C[C@H]1[C@H](CO)[C@@H](C(=O)NC3CCC3)[C@@H]2N1C(=O)c1cnccn1. The number of aliphatic hydroxyl groups excluding tert-OH is 1. The average molecular weight is 450 g/mol. The number of hydrogen-bond acceptors (Lipinski definition) is 6. The van der Waals surface area contributed by atoms with Gasteiger partial charge in [0.2, 0.25) is 5.91 Å². The van der Waals surface area contributed by atoms with E-state index in [9.17, 15) is 19.5 Å². The first-order valence-electron chi connectivity index (χ1n) is 11.4. The number of hydrogen-bond donors (Lipinski definition) is 2. The van der Waals surface area contributed by atoms with E-state index < -0.39 is 23.9 Å². The molecule has 0 aromatic carbocycles. The summed E-state index contributed by atoms with van der Waals surface area (Å²) >= 11 is 0. The Morgan fingerprint density at radius 3 is 2.73 bits per heavy atom. The van der Waals surface area contributed by atoms with Crippen LogP contribution in [0.1, 0.15) is 54.0 Å². The summed E-state index contributed by atoms with van der Waals surface area (Å²) in [4.78, 5) is 50.0. The number of amides is 2. The van der Waals surface area contributed by atoms with E-state index in [-0.39, 0.29) is 42.3 Å². The van der Waals surface area contributed by atoms with E-state index in [0.717, 1.165) is 19.3 Å². The van der Waals surface area contributed by atoms with Gasteiger partial charge in [0, 0.05) is 48.8 Å². The lowest BCUT2D eigenvalue weighted by atomic mass is 9.85. The van der Waals surface area contributed by atoms with Gasteiger partial charge in [0.1, 0.15) is 5.69 Å². The first-order valence-corrected chi connectivity index (χ1v) is 11.4. The maximum Gasteiger partial charge on any atom is 0.274 e. The quantitative estimate of drug-likeness (QED) is 0.707. The van der Waals surface area contributed by atoms with Crippen molar-refractivity contribution >= 4 is 17.9 Å². The molecule has 172 valence electrons. The second-order valence-corrected chi connectivity index (χ2v) is 8.95. The van der Waals surface area contributed by atoms with Crippen LogP contribution in [0.4, 0.5) is 0 Å². The molecule has 0 spiro atoms. The summed E-state index contributed by atoms with van der Waals surface area (Å²) in [6.45, 7) is 1.79. The number of nitrogens with zero attached hydrogens (tertiary/aromatic N) is 4. The molecule has 1 saturated heterocycles. The monoisotopic (exact) mass is 449 g/mol. The number of carbonyl (C=O) groups is 2. The first-order chi connectivity index (χ1) is 16.0. The number of nitrogens with one attached hydrogen (secondary N) is 1. The van der Waals surface area contributed by atoms with Gasteiger partial charge in [-0.3, -0.25) is 19.4 Å². The van der Waals surface area contributed by atoms with Crippen LogP contribution in [0, 0.1) is 11.8 Å². The van der Waals surface area contributed by atoms with Gasteiger partial charge in [-0.1, -0.05) is 12.2 Å². The minimum absolute atomic E-state index is 0.126. The van der Waals surface area contributed by atoms with Gasteiger partial charge < -0.3 is 19.9 Å². The van der Waals surface area contributed by atoms with Crippen molar-refractivity contribution < 1.29 is 14.7 Å². The highest BCUT2D eigenvalue weighted by Gasteiger charge is 2.58. The Morgan fingerprint density at radius 1 is 1.27 bits per heavy atom. The summed E-state index contributed by atoms with van der Waals surface area (Å²) in [5.74, 6) is -1.70. The molecule has 9 heteroatoms. The second-order valence-electron chi connectivity index (χ2n) is 8.95. The van der Waals surface area contributed by atoms with Gasteiger partial charge in [-0.25, -0.2) is 4.98 Å². The summed E-state index contributed by atoms with van der Waals surface area (Å²) < 4.78 is 1.66. The van der Waals surface area contributed by atoms with Crippen LogP contribution < -0.4 is 10.9 Å². The molecular formula is C24H27N5O4. The van der Waals surface area contributed by atoms with E-state index in [2.05, 4.69) is 15.3 Å². The van der Waals surface area contributed by atoms with Crippen LogP contribution in [-0.4, -0.2) is 55.0 Å². The fourth-order valence-electron chi connectivity index (χ4n) is 5.40. The summed E-state index contributed by atoms with van der Waals surface area (Å²) in [7, 11) is 0. The van der Waals surface area contributed by atoms with E-state index in [0.29, 0.717) is 11.3 Å². The largest absolute Gasteiger partial charge is 0.396 e. The molecule has 4 heterocycles. The lowest BCUT2D eigenvalue weighted by Gasteiger charge is -2.38. The van der Waals surface area contributed by atoms with Gasteiger partial charge in [-0.05, 0) is 38.3 Å². The van der Waals surface area contributed by atoms with Crippen LogP contribution in [0.25, 0.3) is 6.08 Å². The Hall–Kier alpha value is -3.33. The van der Waals surface area contributed by atoms with E-state index in [4.69, 9.17) is 0 Å². The van der Waals surface area contributed by atoms with Crippen molar-refractivity contribution in [3.8, 4) is 0 Å². The molecule has 1 saturated carbocycles. The van der Waals surface area contributed by atoms with E-state index in [1.54, 1.807) is 27.7 Å².